The largest absolute Gasteiger partial charge is 0.465 e. The lowest BCUT2D eigenvalue weighted by Crippen LogP contribution is -2.61. The first kappa shape index (κ1) is 24.2. The normalized spacial score (nSPS) is 15.9. The number of halogens is 2. The topological polar surface area (TPSA) is 104 Å². The summed E-state index contributed by atoms with van der Waals surface area (Å²) in [5.74, 6) is 0.442. The van der Waals surface area contributed by atoms with E-state index in [2.05, 4.69) is 15.0 Å². The van der Waals surface area contributed by atoms with Gasteiger partial charge in [0.2, 0.25) is 0 Å². The summed E-state index contributed by atoms with van der Waals surface area (Å²) in [7, 11) is 0. The number of aromatic nitrogens is 4. The summed E-state index contributed by atoms with van der Waals surface area (Å²) in [5.41, 5.74) is 1.31. The average Bonchev–Trinajstić information content (AvgIpc) is 2.74. The maximum atomic E-state index is 13.5. The van der Waals surface area contributed by atoms with Crippen molar-refractivity contribution in [2.45, 2.75) is 46.1 Å². The molecule has 0 atom stereocenters. The standard InChI is InChI=1S/C23H26Cl2N6O3/c1-12(2)16-17(13(3)6-7-26-16)31-20-14(10-15(24)18(25)27-20)19(28-21(31)32)29-8-9-30(22(33)34)23(4,5)11-29/h6-7,10,12H,8-9,11H2,1-5H3,(H,33,34). The minimum atomic E-state index is -0.984. The number of carbonyl (C=O) groups is 1. The lowest BCUT2D eigenvalue weighted by molar-refractivity contribution is 0.0844. The molecule has 9 nitrogen and oxygen atoms in total. The Kier molecular flexibility index (Phi) is 6.20. The number of piperazine rings is 1. The first-order valence-electron chi connectivity index (χ1n) is 10.9. The first-order chi connectivity index (χ1) is 15.9. The molecule has 1 aliphatic rings. The van der Waals surface area contributed by atoms with E-state index in [1.807, 2.05) is 45.6 Å². The van der Waals surface area contributed by atoms with Gasteiger partial charge in [0.25, 0.3) is 0 Å². The SMILES string of the molecule is Cc1ccnc(C(C)C)c1-n1c(=O)nc(N2CCN(C(=O)O)C(C)(C)C2)c2cc(Cl)c(Cl)nc21. The maximum Gasteiger partial charge on any atom is 0.407 e. The van der Waals surface area contributed by atoms with E-state index in [0.717, 1.165) is 11.3 Å². The highest BCUT2D eigenvalue weighted by atomic mass is 35.5. The monoisotopic (exact) mass is 504 g/mol. The zero-order valence-electron chi connectivity index (χ0n) is 19.6. The summed E-state index contributed by atoms with van der Waals surface area (Å²) in [6.07, 6.45) is 0.729. The minimum absolute atomic E-state index is 0.0456. The molecule has 0 saturated carbocycles. The van der Waals surface area contributed by atoms with Gasteiger partial charge in [0.1, 0.15) is 11.0 Å². The molecule has 1 saturated heterocycles. The average molecular weight is 505 g/mol. The van der Waals surface area contributed by atoms with Gasteiger partial charge in [-0.05, 0) is 44.4 Å². The van der Waals surface area contributed by atoms with Gasteiger partial charge in [-0.15, -0.1) is 0 Å². The van der Waals surface area contributed by atoms with Gasteiger partial charge in [0, 0.05) is 25.8 Å². The number of nitrogens with zero attached hydrogens (tertiary/aromatic N) is 6. The van der Waals surface area contributed by atoms with Gasteiger partial charge >= 0.3 is 11.8 Å². The van der Waals surface area contributed by atoms with Crippen molar-refractivity contribution in [2.75, 3.05) is 24.5 Å². The van der Waals surface area contributed by atoms with E-state index in [9.17, 15) is 14.7 Å². The number of carboxylic acid groups (broad SMARTS) is 1. The molecule has 3 aromatic heterocycles. The third-order valence-electron chi connectivity index (χ3n) is 6.12. The molecule has 34 heavy (non-hydrogen) atoms. The lowest BCUT2D eigenvalue weighted by Gasteiger charge is -2.46. The minimum Gasteiger partial charge on any atom is -0.465 e. The van der Waals surface area contributed by atoms with E-state index in [0.29, 0.717) is 35.6 Å². The van der Waals surface area contributed by atoms with Gasteiger partial charge < -0.3 is 10.0 Å². The van der Waals surface area contributed by atoms with E-state index in [1.54, 1.807) is 12.3 Å². The zero-order valence-corrected chi connectivity index (χ0v) is 21.1. The van der Waals surface area contributed by atoms with Crippen LogP contribution in [-0.4, -0.2) is 60.8 Å². The number of anilines is 1. The molecule has 1 aliphatic heterocycles. The van der Waals surface area contributed by atoms with Crippen LogP contribution in [0, 0.1) is 6.92 Å². The molecule has 4 heterocycles. The molecule has 0 spiro atoms. The lowest BCUT2D eigenvalue weighted by atomic mass is 9.99. The molecule has 0 aromatic carbocycles. The summed E-state index contributed by atoms with van der Waals surface area (Å²) in [6, 6.07) is 3.49. The molecule has 0 bridgehead atoms. The summed E-state index contributed by atoms with van der Waals surface area (Å²) in [4.78, 5) is 41.9. The number of aryl methyl sites for hydroxylation is 1. The van der Waals surface area contributed by atoms with Crippen LogP contribution in [0.25, 0.3) is 16.7 Å². The van der Waals surface area contributed by atoms with Crippen molar-refractivity contribution in [3.8, 4) is 5.69 Å². The third kappa shape index (κ3) is 4.07. The summed E-state index contributed by atoms with van der Waals surface area (Å²) >= 11 is 12.6. The number of rotatable bonds is 3. The predicted octanol–water partition coefficient (Wildman–Crippen LogP) is 4.49. The Labute approximate surface area is 207 Å². The van der Waals surface area contributed by atoms with Gasteiger partial charge in [0.05, 0.1) is 27.3 Å². The van der Waals surface area contributed by atoms with Crippen molar-refractivity contribution in [1.82, 2.24) is 24.4 Å². The summed E-state index contributed by atoms with van der Waals surface area (Å²) in [6.45, 7) is 10.6. The Bertz CT molecular complexity index is 1350. The van der Waals surface area contributed by atoms with E-state index >= 15 is 0 Å². The van der Waals surface area contributed by atoms with Crippen LogP contribution in [0.15, 0.2) is 23.1 Å². The summed E-state index contributed by atoms with van der Waals surface area (Å²) < 4.78 is 1.44. The second-order valence-electron chi connectivity index (χ2n) is 9.37. The van der Waals surface area contributed by atoms with Crippen molar-refractivity contribution in [3.63, 3.8) is 0 Å². The Morgan fingerprint density at radius 1 is 1.21 bits per heavy atom. The van der Waals surface area contributed by atoms with E-state index in [-0.39, 0.29) is 22.6 Å². The molecular formula is C23H26Cl2N6O3. The van der Waals surface area contributed by atoms with Crippen LogP contribution in [0.3, 0.4) is 0 Å². The van der Waals surface area contributed by atoms with Crippen LogP contribution in [0.2, 0.25) is 10.2 Å². The summed E-state index contributed by atoms with van der Waals surface area (Å²) in [5, 5.41) is 10.4. The fourth-order valence-corrected chi connectivity index (χ4v) is 4.79. The molecular weight excluding hydrogens is 479 g/mol. The van der Waals surface area contributed by atoms with Crippen molar-refractivity contribution < 1.29 is 9.90 Å². The van der Waals surface area contributed by atoms with Gasteiger partial charge in [-0.3, -0.25) is 9.88 Å². The molecule has 0 aliphatic carbocycles. The highest BCUT2D eigenvalue weighted by molar-refractivity contribution is 6.41. The van der Waals surface area contributed by atoms with Gasteiger partial charge in [-0.1, -0.05) is 37.0 Å². The quantitative estimate of drug-likeness (QED) is 0.523. The fourth-order valence-electron chi connectivity index (χ4n) is 4.50. The molecule has 180 valence electrons. The van der Waals surface area contributed by atoms with Crippen LogP contribution in [0.4, 0.5) is 10.6 Å². The Hall–Kier alpha value is -2.91. The van der Waals surface area contributed by atoms with E-state index in [4.69, 9.17) is 23.2 Å². The van der Waals surface area contributed by atoms with Crippen molar-refractivity contribution in [2.24, 2.45) is 0 Å². The Morgan fingerprint density at radius 3 is 2.53 bits per heavy atom. The van der Waals surface area contributed by atoms with Crippen molar-refractivity contribution >= 4 is 46.1 Å². The molecule has 1 amide bonds. The van der Waals surface area contributed by atoms with E-state index < -0.39 is 17.3 Å². The van der Waals surface area contributed by atoms with Crippen LogP contribution >= 0.6 is 23.2 Å². The molecule has 0 radical (unpaired) electrons. The molecule has 1 N–H and O–H groups in total. The number of pyridine rings is 2. The zero-order chi connectivity index (χ0) is 24.9. The molecule has 0 unspecified atom stereocenters. The van der Waals surface area contributed by atoms with Crippen LogP contribution in [-0.2, 0) is 0 Å². The van der Waals surface area contributed by atoms with E-state index in [1.165, 1.54) is 9.47 Å². The first-order valence-corrected chi connectivity index (χ1v) is 11.7. The van der Waals surface area contributed by atoms with Gasteiger partial charge in [-0.2, -0.15) is 4.98 Å². The third-order valence-corrected chi connectivity index (χ3v) is 6.79. The number of hydrogen-bond acceptors (Lipinski definition) is 6. The number of hydrogen-bond donors (Lipinski definition) is 1. The van der Waals surface area contributed by atoms with Gasteiger partial charge in [0.15, 0.2) is 5.65 Å². The molecule has 4 rings (SSSR count). The van der Waals surface area contributed by atoms with Crippen LogP contribution in [0.5, 0.6) is 0 Å². The second-order valence-corrected chi connectivity index (χ2v) is 10.1. The molecule has 11 heteroatoms. The molecule has 1 fully saturated rings. The Morgan fingerprint density at radius 2 is 1.91 bits per heavy atom. The highest BCUT2D eigenvalue weighted by Gasteiger charge is 2.38. The fraction of sp³-hybridized carbons (Fsp3) is 0.435. The maximum absolute atomic E-state index is 13.5. The number of amides is 1. The smallest absolute Gasteiger partial charge is 0.407 e. The number of fused-ring (bicyclic) bond motifs is 1. The highest BCUT2D eigenvalue weighted by Crippen LogP contribution is 2.34. The van der Waals surface area contributed by atoms with Gasteiger partial charge in [-0.25, -0.2) is 19.1 Å². The van der Waals surface area contributed by atoms with Crippen LogP contribution < -0.4 is 10.6 Å². The van der Waals surface area contributed by atoms with Crippen molar-refractivity contribution in [3.05, 3.63) is 50.2 Å². The molecule has 3 aromatic rings. The predicted molar refractivity (Wildman–Crippen MR) is 133 cm³/mol. The van der Waals surface area contributed by atoms with Crippen molar-refractivity contribution in [1.29, 1.82) is 0 Å². The second kappa shape index (κ2) is 8.70. The van der Waals surface area contributed by atoms with Crippen LogP contribution in [0.1, 0.15) is 44.9 Å². The Balaban J connectivity index is 1.99.